The fraction of sp³-hybridized carbons (Fsp3) is 0.360. The molecule has 0 radical (unpaired) electrons. The number of rotatable bonds is 10. The Balaban J connectivity index is 1.61. The van der Waals surface area contributed by atoms with Crippen LogP contribution in [0.15, 0.2) is 58.0 Å². The molecule has 0 unspecified atom stereocenters. The summed E-state index contributed by atoms with van der Waals surface area (Å²) in [6, 6.07) is 12.9. The van der Waals surface area contributed by atoms with Gasteiger partial charge in [-0.25, -0.2) is 23.1 Å². The van der Waals surface area contributed by atoms with Crippen LogP contribution in [0, 0.1) is 0 Å². The Hall–Kier alpha value is -2.73. The van der Waals surface area contributed by atoms with Crippen LogP contribution in [0.2, 0.25) is 0 Å². The van der Waals surface area contributed by atoms with E-state index in [1.807, 2.05) is 0 Å². The lowest BCUT2D eigenvalue weighted by Gasteiger charge is -2.29. The molecule has 4 rings (SSSR count). The van der Waals surface area contributed by atoms with Gasteiger partial charge >= 0.3 is 0 Å². The van der Waals surface area contributed by atoms with Crippen molar-refractivity contribution >= 4 is 43.1 Å². The zero-order valence-electron chi connectivity index (χ0n) is 20.3. The number of sulfonamides is 1. The van der Waals surface area contributed by atoms with Crippen molar-refractivity contribution in [1.29, 1.82) is 0 Å². The van der Waals surface area contributed by atoms with Crippen LogP contribution >= 0.6 is 15.9 Å². The van der Waals surface area contributed by atoms with Crippen molar-refractivity contribution < 1.29 is 17.9 Å². The smallest absolute Gasteiger partial charge is 0.242 e. The highest BCUT2D eigenvalue weighted by Crippen LogP contribution is 2.31. The minimum absolute atomic E-state index is 0.133. The quantitative estimate of drug-likeness (QED) is 0.372. The van der Waals surface area contributed by atoms with Gasteiger partial charge in [-0.15, -0.1) is 0 Å². The van der Waals surface area contributed by atoms with Gasteiger partial charge in [0.1, 0.15) is 22.3 Å². The molecule has 2 heterocycles. The largest absolute Gasteiger partial charge is 0.493 e. The first-order valence-electron chi connectivity index (χ1n) is 11.8. The number of anilines is 3. The van der Waals surface area contributed by atoms with Crippen molar-refractivity contribution in [1.82, 2.24) is 14.7 Å². The Morgan fingerprint density at radius 3 is 2.69 bits per heavy atom. The molecule has 11 heteroatoms. The number of hydrogen-bond acceptors (Lipinski definition) is 8. The Bertz CT molecular complexity index is 1300. The molecular weight excluding hydrogens is 546 g/mol. The van der Waals surface area contributed by atoms with Crippen molar-refractivity contribution in [2.24, 2.45) is 0 Å². The van der Waals surface area contributed by atoms with Crippen molar-refractivity contribution in [3.8, 4) is 5.75 Å². The molecule has 0 atom stereocenters. The predicted octanol–water partition coefficient (Wildman–Crippen LogP) is 4.11. The minimum Gasteiger partial charge on any atom is -0.493 e. The van der Waals surface area contributed by atoms with E-state index in [1.54, 1.807) is 24.4 Å². The van der Waals surface area contributed by atoms with E-state index < -0.39 is 10.0 Å². The van der Waals surface area contributed by atoms with Gasteiger partial charge in [-0.1, -0.05) is 25.1 Å². The molecule has 0 amide bonds. The molecule has 1 aliphatic heterocycles. The molecule has 0 saturated carbocycles. The van der Waals surface area contributed by atoms with Crippen molar-refractivity contribution in [2.45, 2.75) is 24.7 Å². The second-order valence-electron chi connectivity index (χ2n) is 8.23. The van der Waals surface area contributed by atoms with Gasteiger partial charge in [0.15, 0.2) is 0 Å². The van der Waals surface area contributed by atoms with Gasteiger partial charge in [-0.2, -0.15) is 0 Å². The van der Waals surface area contributed by atoms with E-state index in [0.717, 1.165) is 36.5 Å². The number of aromatic nitrogens is 2. The maximum absolute atomic E-state index is 12.5. The standard InChI is InChI=1S/C25H30BrN5O4S/c1-3-12-35-22-16-19(31-10-13-34-14-11-31)9-8-18(22)15-24-28-17-20(26)25(30-24)29-21-6-4-5-7-23(21)36(32,33)27-2/h4-9,16-17,27H,3,10-15H2,1-2H3,(H,28,29,30). The normalized spacial score (nSPS) is 14.0. The summed E-state index contributed by atoms with van der Waals surface area (Å²) in [6.07, 6.45) is 3.02. The first kappa shape index (κ1) is 26.3. The molecule has 2 aromatic carbocycles. The SMILES string of the molecule is CCCOc1cc(N2CCOCC2)ccc1Cc1ncc(Br)c(Nc2ccccc2S(=O)(=O)NC)n1. The monoisotopic (exact) mass is 575 g/mol. The van der Waals surface area contributed by atoms with Gasteiger partial charge in [0, 0.05) is 43.0 Å². The second kappa shape index (κ2) is 12.0. The lowest BCUT2D eigenvalue weighted by molar-refractivity contribution is 0.122. The maximum atomic E-state index is 12.5. The topological polar surface area (TPSA) is 106 Å². The molecule has 1 aromatic heterocycles. The highest BCUT2D eigenvalue weighted by atomic mass is 79.9. The summed E-state index contributed by atoms with van der Waals surface area (Å²) >= 11 is 3.47. The summed E-state index contributed by atoms with van der Waals surface area (Å²) in [7, 11) is -2.27. The van der Waals surface area contributed by atoms with E-state index in [9.17, 15) is 8.42 Å². The van der Waals surface area contributed by atoms with Crippen LogP contribution in [0.25, 0.3) is 0 Å². The van der Waals surface area contributed by atoms with Gasteiger partial charge in [0.05, 0.1) is 30.0 Å². The fourth-order valence-corrected chi connectivity index (χ4v) is 5.02. The summed E-state index contributed by atoms with van der Waals surface area (Å²) in [5.74, 6) is 1.86. The number of benzene rings is 2. The number of ether oxygens (including phenoxy) is 2. The van der Waals surface area contributed by atoms with Crippen LogP contribution in [0.1, 0.15) is 24.7 Å². The molecule has 0 bridgehead atoms. The first-order chi connectivity index (χ1) is 17.4. The molecule has 0 aliphatic carbocycles. The Kier molecular flexibility index (Phi) is 8.78. The first-order valence-corrected chi connectivity index (χ1v) is 14.1. The van der Waals surface area contributed by atoms with E-state index in [1.165, 1.54) is 13.1 Å². The third kappa shape index (κ3) is 6.33. The van der Waals surface area contributed by atoms with Crippen LogP contribution < -0.4 is 19.7 Å². The Labute approximate surface area is 220 Å². The molecule has 1 aliphatic rings. The summed E-state index contributed by atoms with van der Waals surface area (Å²) in [5.41, 5.74) is 2.50. The molecule has 9 nitrogen and oxygen atoms in total. The van der Waals surface area contributed by atoms with E-state index in [4.69, 9.17) is 9.47 Å². The summed E-state index contributed by atoms with van der Waals surface area (Å²) in [5, 5.41) is 3.14. The number of morpholine rings is 1. The number of halogens is 1. The molecule has 36 heavy (non-hydrogen) atoms. The number of nitrogens with zero attached hydrogens (tertiary/aromatic N) is 3. The Morgan fingerprint density at radius 2 is 1.94 bits per heavy atom. The summed E-state index contributed by atoms with van der Waals surface area (Å²) < 4.78 is 39.4. The van der Waals surface area contributed by atoms with E-state index in [0.29, 0.717) is 48.0 Å². The molecule has 0 spiro atoms. The fourth-order valence-electron chi connectivity index (χ4n) is 3.84. The number of para-hydroxylation sites is 1. The lowest BCUT2D eigenvalue weighted by Crippen LogP contribution is -2.36. The van der Waals surface area contributed by atoms with Gasteiger partial charge < -0.3 is 19.7 Å². The van der Waals surface area contributed by atoms with E-state index >= 15 is 0 Å². The average Bonchev–Trinajstić information content (AvgIpc) is 2.90. The third-order valence-corrected chi connectivity index (χ3v) is 7.78. The zero-order valence-corrected chi connectivity index (χ0v) is 22.7. The van der Waals surface area contributed by atoms with Gasteiger partial charge in [-0.3, -0.25) is 0 Å². The van der Waals surface area contributed by atoms with Crippen LogP contribution in [0.3, 0.4) is 0 Å². The minimum atomic E-state index is -3.65. The molecule has 3 aromatic rings. The van der Waals surface area contributed by atoms with E-state index in [-0.39, 0.29) is 4.90 Å². The highest BCUT2D eigenvalue weighted by Gasteiger charge is 2.18. The number of hydrogen-bond donors (Lipinski definition) is 2. The zero-order chi connectivity index (χ0) is 25.5. The van der Waals surface area contributed by atoms with Crippen LogP contribution in [-0.4, -0.2) is 58.3 Å². The molecule has 2 N–H and O–H groups in total. The summed E-state index contributed by atoms with van der Waals surface area (Å²) in [4.78, 5) is 11.6. The van der Waals surface area contributed by atoms with Gasteiger partial charge in [-0.05, 0) is 47.6 Å². The summed E-state index contributed by atoms with van der Waals surface area (Å²) in [6.45, 7) is 5.82. The van der Waals surface area contributed by atoms with Crippen molar-refractivity contribution in [2.75, 3.05) is 50.2 Å². The molecule has 1 saturated heterocycles. The molecular formula is C25H30BrN5O4S. The van der Waals surface area contributed by atoms with Crippen molar-refractivity contribution in [3.05, 3.63) is 64.5 Å². The van der Waals surface area contributed by atoms with Gasteiger partial charge in [0.2, 0.25) is 10.0 Å². The van der Waals surface area contributed by atoms with Crippen molar-refractivity contribution in [3.63, 3.8) is 0 Å². The average molecular weight is 577 g/mol. The Morgan fingerprint density at radius 1 is 1.17 bits per heavy atom. The lowest BCUT2D eigenvalue weighted by atomic mass is 10.1. The number of nitrogens with one attached hydrogen (secondary N) is 2. The van der Waals surface area contributed by atoms with Crippen LogP contribution in [0.4, 0.5) is 17.2 Å². The van der Waals surface area contributed by atoms with Crippen LogP contribution in [-0.2, 0) is 21.2 Å². The third-order valence-electron chi connectivity index (χ3n) is 5.73. The van der Waals surface area contributed by atoms with Gasteiger partial charge in [0.25, 0.3) is 0 Å². The van der Waals surface area contributed by atoms with E-state index in [2.05, 4.69) is 66.0 Å². The maximum Gasteiger partial charge on any atom is 0.242 e. The second-order valence-corrected chi connectivity index (χ2v) is 10.9. The molecule has 192 valence electrons. The predicted molar refractivity (Wildman–Crippen MR) is 144 cm³/mol. The highest BCUT2D eigenvalue weighted by molar-refractivity contribution is 9.10. The molecule has 1 fully saturated rings. The van der Waals surface area contributed by atoms with Crippen LogP contribution in [0.5, 0.6) is 5.75 Å².